The van der Waals surface area contributed by atoms with E-state index in [2.05, 4.69) is 27.4 Å². The van der Waals surface area contributed by atoms with Gasteiger partial charge in [0.05, 0.1) is 33.8 Å². The van der Waals surface area contributed by atoms with E-state index in [0.29, 0.717) is 35.4 Å². The number of ether oxygens (including phenoxy) is 3. The molecule has 1 aliphatic heterocycles. The maximum absolute atomic E-state index is 5.45. The molecule has 1 aliphatic rings. The molecule has 2 heterocycles. The molecule has 136 valence electrons. The molecule has 0 radical (unpaired) electrons. The third-order valence-electron chi connectivity index (χ3n) is 4.37. The predicted octanol–water partition coefficient (Wildman–Crippen LogP) is 1.26. The summed E-state index contributed by atoms with van der Waals surface area (Å²) >= 11 is 0. The first-order chi connectivity index (χ1) is 12.2. The molecule has 0 spiro atoms. The standard InChI is InChI=1S/C17H24N4O4/c1-21-6-5-18-10-12(21)17-19-15(25-20-17)9-11-7-13(22-2)16(24-4)14(8-11)23-3/h7-8,12,18H,5-6,9-10H2,1-4H3. The van der Waals surface area contributed by atoms with Crippen LogP contribution < -0.4 is 19.5 Å². The highest BCUT2D eigenvalue weighted by molar-refractivity contribution is 5.54. The molecule has 0 saturated carbocycles. The van der Waals surface area contributed by atoms with E-state index in [-0.39, 0.29) is 6.04 Å². The molecule has 8 nitrogen and oxygen atoms in total. The second-order valence-corrected chi connectivity index (χ2v) is 5.96. The average Bonchev–Trinajstić information content (AvgIpc) is 3.09. The van der Waals surface area contributed by atoms with Crippen molar-refractivity contribution in [2.24, 2.45) is 0 Å². The van der Waals surface area contributed by atoms with E-state index in [0.717, 1.165) is 25.2 Å². The van der Waals surface area contributed by atoms with E-state index in [1.165, 1.54) is 0 Å². The Labute approximate surface area is 147 Å². The minimum absolute atomic E-state index is 0.131. The zero-order valence-electron chi connectivity index (χ0n) is 15.0. The van der Waals surface area contributed by atoms with Gasteiger partial charge in [0.2, 0.25) is 11.6 Å². The van der Waals surface area contributed by atoms with E-state index in [9.17, 15) is 0 Å². The predicted molar refractivity (Wildman–Crippen MR) is 91.4 cm³/mol. The van der Waals surface area contributed by atoms with E-state index < -0.39 is 0 Å². The fourth-order valence-electron chi connectivity index (χ4n) is 2.98. The van der Waals surface area contributed by atoms with Gasteiger partial charge in [0.15, 0.2) is 17.3 Å². The van der Waals surface area contributed by atoms with Crippen LogP contribution in [0, 0.1) is 0 Å². The summed E-state index contributed by atoms with van der Waals surface area (Å²) in [5, 5.41) is 7.51. The normalized spacial score (nSPS) is 18.2. The van der Waals surface area contributed by atoms with Crippen molar-refractivity contribution in [2.45, 2.75) is 12.5 Å². The smallest absolute Gasteiger partial charge is 0.231 e. The van der Waals surface area contributed by atoms with Crippen LogP contribution in [0.5, 0.6) is 17.2 Å². The van der Waals surface area contributed by atoms with Crippen LogP contribution in [0.1, 0.15) is 23.3 Å². The number of piperazine rings is 1. The summed E-state index contributed by atoms with van der Waals surface area (Å²) in [6, 6.07) is 3.91. The second kappa shape index (κ2) is 7.71. The van der Waals surface area contributed by atoms with Crippen LogP contribution in [0.25, 0.3) is 0 Å². The molecule has 1 aromatic carbocycles. The molecule has 1 atom stereocenters. The molecule has 1 aromatic heterocycles. The van der Waals surface area contributed by atoms with Crippen molar-refractivity contribution in [1.29, 1.82) is 0 Å². The summed E-state index contributed by atoms with van der Waals surface area (Å²) in [5.74, 6) is 3.04. The van der Waals surface area contributed by atoms with Crippen LogP contribution in [0.15, 0.2) is 16.7 Å². The molecule has 1 N–H and O–H groups in total. The van der Waals surface area contributed by atoms with Crippen LogP contribution >= 0.6 is 0 Å². The van der Waals surface area contributed by atoms with Gasteiger partial charge in [0.25, 0.3) is 0 Å². The van der Waals surface area contributed by atoms with Gasteiger partial charge in [-0.25, -0.2) is 0 Å². The van der Waals surface area contributed by atoms with Crippen molar-refractivity contribution in [1.82, 2.24) is 20.4 Å². The van der Waals surface area contributed by atoms with Gasteiger partial charge in [-0.1, -0.05) is 5.16 Å². The summed E-state index contributed by atoms with van der Waals surface area (Å²) in [6.07, 6.45) is 0.494. The molecule has 1 saturated heterocycles. The molecule has 8 heteroatoms. The van der Waals surface area contributed by atoms with Gasteiger partial charge < -0.3 is 24.1 Å². The van der Waals surface area contributed by atoms with Crippen molar-refractivity contribution in [3.8, 4) is 17.2 Å². The Hall–Kier alpha value is -2.32. The van der Waals surface area contributed by atoms with Gasteiger partial charge in [-0.3, -0.25) is 4.90 Å². The third-order valence-corrected chi connectivity index (χ3v) is 4.37. The zero-order valence-corrected chi connectivity index (χ0v) is 15.0. The summed E-state index contributed by atoms with van der Waals surface area (Å²) in [4.78, 5) is 6.79. The SMILES string of the molecule is COc1cc(Cc2nc(C3CNCCN3C)no2)cc(OC)c1OC. The number of aromatic nitrogens is 2. The summed E-state index contributed by atoms with van der Waals surface area (Å²) < 4.78 is 21.6. The highest BCUT2D eigenvalue weighted by atomic mass is 16.5. The maximum atomic E-state index is 5.45. The van der Waals surface area contributed by atoms with Crippen molar-refractivity contribution in [3.63, 3.8) is 0 Å². The molecule has 0 amide bonds. The highest BCUT2D eigenvalue weighted by Gasteiger charge is 2.25. The Kier molecular flexibility index (Phi) is 5.40. The maximum Gasteiger partial charge on any atom is 0.231 e. The van der Waals surface area contributed by atoms with Crippen LogP contribution in [-0.4, -0.2) is 63.1 Å². The van der Waals surface area contributed by atoms with Crippen molar-refractivity contribution < 1.29 is 18.7 Å². The van der Waals surface area contributed by atoms with Gasteiger partial charge in [-0.05, 0) is 24.7 Å². The molecule has 0 aliphatic carbocycles. The Morgan fingerprint density at radius 2 is 1.92 bits per heavy atom. The number of hydrogen-bond donors (Lipinski definition) is 1. The van der Waals surface area contributed by atoms with Crippen LogP contribution in [0.4, 0.5) is 0 Å². The van der Waals surface area contributed by atoms with E-state index in [1.807, 2.05) is 12.1 Å². The second-order valence-electron chi connectivity index (χ2n) is 5.96. The van der Waals surface area contributed by atoms with E-state index >= 15 is 0 Å². The third kappa shape index (κ3) is 3.69. The number of likely N-dealkylation sites (N-methyl/N-ethyl adjacent to an activating group) is 1. The first kappa shape index (κ1) is 17.5. The Balaban J connectivity index is 1.81. The number of nitrogens with one attached hydrogen (secondary N) is 1. The molecule has 0 bridgehead atoms. The number of nitrogens with zero attached hydrogens (tertiary/aromatic N) is 3. The van der Waals surface area contributed by atoms with E-state index in [4.69, 9.17) is 18.7 Å². The van der Waals surface area contributed by atoms with Crippen molar-refractivity contribution >= 4 is 0 Å². The lowest BCUT2D eigenvalue weighted by Crippen LogP contribution is -2.44. The molecule has 1 fully saturated rings. The zero-order chi connectivity index (χ0) is 17.8. The van der Waals surface area contributed by atoms with Crippen LogP contribution in [0.2, 0.25) is 0 Å². The summed E-state index contributed by atoms with van der Waals surface area (Å²) in [7, 11) is 6.84. The first-order valence-corrected chi connectivity index (χ1v) is 8.18. The quantitative estimate of drug-likeness (QED) is 0.836. The van der Waals surface area contributed by atoms with Gasteiger partial charge in [-0.2, -0.15) is 4.98 Å². The summed E-state index contributed by atoms with van der Waals surface area (Å²) in [5.41, 5.74) is 0.944. The number of hydrogen-bond acceptors (Lipinski definition) is 8. The Morgan fingerprint density at radius 1 is 1.20 bits per heavy atom. The highest BCUT2D eigenvalue weighted by Crippen LogP contribution is 2.38. The lowest BCUT2D eigenvalue weighted by molar-refractivity contribution is 0.190. The summed E-state index contributed by atoms with van der Waals surface area (Å²) in [6.45, 7) is 2.75. The van der Waals surface area contributed by atoms with Gasteiger partial charge in [0, 0.05) is 19.6 Å². The molecule has 2 aromatic rings. The largest absolute Gasteiger partial charge is 0.493 e. The van der Waals surface area contributed by atoms with Crippen molar-refractivity contribution in [2.75, 3.05) is 48.0 Å². The minimum atomic E-state index is 0.131. The monoisotopic (exact) mass is 348 g/mol. The molecular weight excluding hydrogens is 324 g/mol. The van der Waals surface area contributed by atoms with Gasteiger partial charge in [0.1, 0.15) is 0 Å². The molecular formula is C17H24N4O4. The Morgan fingerprint density at radius 3 is 2.52 bits per heavy atom. The lowest BCUT2D eigenvalue weighted by Gasteiger charge is -2.30. The average molecular weight is 348 g/mol. The fourth-order valence-corrected chi connectivity index (χ4v) is 2.98. The molecule has 3 rings (SSSR count). The topological polar surface area (TPSA) is 81.9 Å². The molecule has 25 heavy (non-hydrogen) atoms. The van der Waals surface area contributed by atoms with Gasteiger partial charge in [-0.15, -0.1) is 0 Å². The van der Waals surface area contributed by atoms with E-state index in [1.54, 1.807) is 21.3 Å². The first-order valence-electron chi connectivity index (χ1n) is 8.18. The minimum Gasteiger partial charge on any atom is -0.493 e. The van der Waals surface area contributed by atoms with Crippen LogP contribution in [-0.2, 0) is 6.42 Å². The molecule has 1 unspecified atom stereocenters. The lowest BCUT2D eigenvalue weighted by atomic mass is 10.1. The number of methoxy groups -OCH3 is 3. The number of rotatable bonds is 6. The van der Waals surface area contributed by atoms with Gasteiger partial charge >= 0.3 is 0 Å². The van der Waals surface area contributed by atoms with Crippen molar-refractivity contribution in [3.05, 3.63) is 29.4 Å². The van der Waals surface area contributed by atoms with Crippen LogP contribution in [0.3, 0.4) is 0 Å². The number of benzene rings is 1. The Bertz CT molecular complexity index is 693. The fraction of sp³-hybridized carbons (Fsp3) is 0.529.